The lowest BCUT2D eigenvalue weighted by atomic mass is 9.87. The molecule has 0 spiro atoms. The number of piperidine rings is 1. The highest BCUT2D eigenvalue weighted by Gasteiger charge is 2.35. The summed E-state index contributed by atoms with van der Waals surface area (Å²) in [5, 5.41) is 3.05. The van der Waals surface area contributed by atoms with Gasteiger partial charge in [0, 0.05) is 37.0 Å². The maximum Gasteiger partial charge on any atom is 0.254 e. The molecule has 1 N–H and O–H groups in total. The molecule has 0 aliphatic carbocycles. The monoisotopic (exact) mass is 427 g/mol. The summed E-state index contributed by atoms with van der Waals surface area (Å²) in [5.41, 5.74) is 3.91. The first-order chi connectivity index (χ1) is 15.6. The van der Waals surface area contributed by atoms with Gasteiger partial charge in [-0.3, -0.25) is 14.6 Å². The summed E-state index contributed by atoms with van der Waals surface area (Å²) in [6.45, 7) is 3.02. The van der Waals surface area contributed by atoms with Crippen molar-refractivity contribution in [3.8, 4) is 0 Å². The minimum Gasteiger partial charge on any atom is -0.355 e. The summed E-state index contributed by atoms with van der Waals surface area (Å²) in [6.07, 6.45) is 3.97. The van der Waals surface area contributed by atoms with E-state index in [1.54, 1.807) is 6.20 Å². The Morgan fingerprint density at radius 1 is 1.00 bits per heavy atom. The van der Waals surface area contributed by atoms with Crippen LogP contribution in [0.1, 0.15) is 46.1 Å². The number of likely N-dealkylation sites (tertiary alicyclic amines) is 1. The normalized spacial score (nSPS) is 18.2. The zero-order valence-corrected chi connectivity index (χ0v) is 18.4. The predicted molar refractivity (Wildman–Crippen MR) is 125 cm³/mol. The SMILES string of the molecule is Cc1cccc([C@H]2CC[C@H](C(=O)NCCc3ccccn3)CN2C(=O)c2ccccc2)c1. The molecule has 0 radical (unpaired) electrons. The van der Waals surface area contributed by atoms with Crippen molar-refractivity contribution in [3.05, 3.63) is 101 Å². The van der Waals surface area contributed by atoms with Crippen LogP contribution in [0, 0.1) is 12.8 Å². The van der Waals surface area contributed by atoms with Crippen molar-refractivity contribution in [1.29, 1.82) is 0 Å². The molecule has 1 saturated heterocycles. The van der Waals surface area contributed by atoms with Gasteiger partial charge >= 0.3 is 0 Å². The average molecular weight is 428 g/mol. The van der Waals surface area contributed by atoms with Crippen LogP contribution in [0.3, 0.4) is 0 Å². The average Bonchev–Trinajstić information content (AvgIpc) is 2.84. The molecule has 5 heteroatoms. The summed E-state index contributed by atoms with van der Waals surface area (Å²) in [5.74, 6) is -0.231. The van der Waals surface area contributed by atoms with Gasteiger partial charge in [-0.15, -0.1) is 0 Å². The topological polar surface area (TPSA) is 62.3 Å². The summed E-state index contributed by atoms with van der Waals surface area (Å²) < 4.78 is 0. The van der Waals surface area contributed by atoms with Crippen LogP contribution >= 0.6 is 0 Å². The van der Waals surface area contributed by atoms with Gasteiger partial charge in [0.2, 0.25) is 5.91 Å². The Morgan fingerprint density at radius 3 is 2.56 bits per heavy atom. The minimum atomic E-state index is -0.215. The standard InChI is InChI=1S/C27H29N3O2/c1-20-8-7-11-22(18-20)25-14-13-23(19-30(25)27(32)21-9-3-2-4-10-21)26(31)29-17-15-24-12-5-6-16-28-24/h2-12,16,18,23,25H,13-15,17,19H2,1H3,(H,29,31)/t23-,25+/m0/s1. The molecule has 164 valence electrons. The second-order valence-corrected chi connectivity index (χ2v) is 8.39. The lowest BCUT2D eigenvalue weighted by Gasteiger charge is -2.39. The molecule has 2 amide bonds. The van der Waals surface area contributed by atoms with Crippen molar-refractivity contribution in [3.63, 3.8) is 0 Å². The molecule has 1 aromatic heterocycles. The number of hydrogen-bond acceptors (Lipinski definition) is 3. The molecule has 3 aromatic rings. The predicted octanol–water partition coefficient (Wildman–Crippen LogP) is 4.34. The second-order valence-electron chi connectivity index (χ2n) is 8.39. The van der Waals surface area contributed by atoms with Crippen molar-refractivity contribution in [2.45, 2.75) is 32.2 Å². The van der Waals surface area contributed by atoms with Gasteiger partial charge in [-0.25, -0.2) is 0 Å². The third kappa shape index (κ3) is 5.22. The van der Waals surface area contributed by atoms with E-state index < -0.39 is 0 Å². The second kappa shape index (κ2) is 10.2. The van der Waals surface area contributed by atoms with Crippen molar-refractivity contribution in [1.82, 2.24) is 15.2 Å². The van der Waals surface area contributed by atoms with Gasteiger partial charge in [-0.2, -0.15) is 0 Å². The van der Waals surface area contributed by atoms with E-state index in [1.165, 1.54) is 5.56 Å². The Hall–Kier alpha value is -3.47. The number of carbonyl (C=O) groups excluding carboxylic acids is 2. The highest BCUT2D eigenvalue weighted by molar-refractivity contribution is 5.95. The van der Waals surface area contributed by atoms with Crippen molar-refractivity contribution in [2.24, 2.45) is 5.92 Å². The van der Waals surface area contributed by atoms with E-state index >= 15 is 0 Å². The molecule has 0 bridgehead atoms. The molecule has 0 saturated carbocycles. The van der Waals surface area contributed by atoms with Gasteiger partial charge in [0.1, 0.15) is 0 Å². The van der Waals surface area contributed by atoms with Gasteiger partial charge in [-0.1, -0.05) is 54.1 Å². The van der Waals surface area contributed by atoms with Crippen LogP contribution < -0.4 is 5.32 Å². The molecule has 2 heterocycles. The largest absolute Gasteiger partial charge is 0.355 e. The fourth-order valence-corrected chi connectivity index (χ4v) is 4.38. The van der Waals surface area contributed by atoms with E-state index in [1.807, 2.05) is 59.5 Å². The van der Waals surface area contributed by atoms with E-state index in [2.05, 4.69) is 35.4 Å². The zero-order chi connectivity index (χ0) is 22.3. The molecule has 2 aromatic carbocycles. The molecule has 4 rings (SSSR count). The van der Waals surface area contributed by atoms with Crippen LogP contribution in [-0.2, 0) is 11.2 Å². The Labute approximate surface area is 189 Å². The number of carbonyl (C=O) groups is 2. The fraction of sp³-hybridized carbons (Fsp3) is 0.296. The summed E-state index contributed by atoms with van der Waals surface area (Å²) in [6, 6.07) is 23.4. The minimum absolute atomic E-state index is 0.00878. The summed E-state index contributed by atoms with van der Waals surface area (Å²) >= 11 is 0. The van der Waals surface area contributed by atoms with Crippen LogP contribution in [0.2, 0.25) is 0 Å². The number of rotatable bonds is 6. The molecule has 32 heavy (non-hydrogen) atoms. The molecule has 1 aliphatic rings. The Bertz CT molecular complexity index is 1050. The number of pyridine rings is 1. The molecular weight excluding hydrogens is 398 g/mol. The van der Waals surface area contributed by atoms with Crippen LogP contribution in [0.4, 0.5) is 0 Å². The van der Waals surface area contributed by atoms with Gasteiger partial charge in [0.25, 0.3) is 5.91 Å². The van der Waals surface area contributed by atoms with Gasteiger partial charge in [0.15, 0.2) is 0 Å². The molecule has 0 unspecified atom stereocenters. The number of amides is 2. The Morgan fingerprint density at radius 2 is 1.81 bits per heavy atom. The number of benzene rings is 2. The van der Waals surface area contributed by atoms with Crippen LogP contribution in [0.15, 0.2) is 79.0 Å². The third-order valence-electron chi connectivity index (χ3n) is 6.07. The Balaban J connectivity index is 1.47. The fourth-order valence-electron chi connectivity index (χ4n) is 4.38. The first kappa shape index (κ1) is 21.8. The van der Waals surface area contributed by atoms with Crippen molar-refractivity contribution < 1.29 is 9.59 Å². The van der Waals surface area contributed by atoms with E-state index in [9.17, 15) is 9.59 Å². The van der Waals surface area contributed by atoms with E-state index in [0.717, 1.165) is 24.1 Å². The third-order valence-corrected chi connectivity index (χ3v) is 6.07. The summed E-state index contributed by atoms with van der Waals surface area (Å²) in [7, 11) is 0. The van der Waals surface area contributed by atoms with Crippen LogP contribution in [0.25, 0.3) is 0 Å². The lowest BCUT2D eigenvalue weighted by molar-refractivity contribution is -0.126. The van der Waals surface area contributed by atoms with Gasteiger partial charge in [0.05, 0.1) is 12.0 Å². The summed E-state index contributed by atoms with van der Waals surface area (Å²) in [4.78, 5) is 32.5. The molecule has 5 nitrogen and oxygen atoms in total. The van der Waals surface area contributed by atoms with Crippen molar-refractivity contribution >= 4 is 11.8 Å². The van der Waals surface area contributed by atoms with Gasteiger partial charge in [-0.05, 0) is 49.6 Å². The highest BCUT2D eigenvalue weighted by Crippen LogP contribution is 2.35. The first-order valence-corrected chi connectivity index (χ1v) is 11.2. The number of aryl methyl sites for hydroxylation is 1. The number of nitrogens with zero attached hydrogens (tertiary/aromatic N) is 2. The zero-order valence-electron chi connectivity index (χ0n) is 18.4. The molecule has 1 fully saturated rings. The molecule has 2 atom stereocenters. The quantitative estimate of drug-likeness (QED) is 0.636. The van der Waals surface area contributed by atoms with E-state index in [4.69, 9.17) is 0 Å². The van der Waals surface area contributed by atoms with E-state index in [0.29, 0.717) is 25.1 Å². The van der Waals surface area contributed by atoms with Crippen LogP contribution in [0.5, 0.6) is 0 Å². The van der Waals surface area contributed by atoms with E-state index in [-0.39, 0.29) is 23.8 Å². The smallest absolute Gasteiger partial charge is 0.254 e. The van der Waals surface area contributed by atoms with Gasteiger partial charge < -0.3 is 10.2 Å². The molecular formula is C27H29N3O2. The maximum atomic E-state index is 13.4. The lowest BCUT2D eigenvalue weighted by Crippen LogP contribution is -2.47. The number of aromatic nitrogens is 1. The first-order valence-electron chi connectivity index (χ1n) is 11.2. The number of hydrogen-bond donors (Lipinski definition) is 1. The van der Waals surface area contributed by atoms with Crippen molar-refractivity contribution in [2.75, 3.05) is 13.1 Å². The number of nitrogens with one attached hydrogen (secondary N) is 1. The highest BCUT2D eigenvalue weighted by atomic mass is 16.2. The Kier molecular flexibility index (Phi) is 6.95. The van der Waals surface area contributed by atoms with Crippen LogP contribution in [-0.4, -0.2) is 34.8 Å². The maximum absolute atomic E-state index is 13.4. The molecule has 1 aliphatic heterocycles.